The summed E-state index contributed by atoms with van der Waals surface area (Å²) in [5.41, 5.74) is 1.46. The highest BCUT2D eigenvalue weighted by molar-refractivity contribution is 7.98. The molecule has 144 valence electrons. The van der Waals surface area contributed by atoms with Crippen LogP contribution in [-0.2, 0) is 5.75 Å². The molecule has 0 aromatic carbocycles. The number of thioether (sulfide) groups is 1. The topological polar surface area (TPSA) is 88.3 Å². The first kappa shape index (κ1) is 18.4. The van der Waals surface area contributed by atoms with Gasteiger partial charge in [0.2, 0.25) is 5.95 Å². The maximum atomic E-state index is 13.1. The molecular weight excluding hydrogens is 376 g/mol. The molecule has 1 saturated heterocycles. The second-order valence-corrected chi connectivity index (χ2v) is 7.37. The molecule has 0 unspecified atom stereocenters. The Morgan fingerprint density at radius 1 is 1.11 bits per heavy atom. The average Bonchev–Trinajstić information content (AvgIpc) is 3.18. The summed E-state index contributed by atoms with van der Waals surface area (Å²) < 4.78 is 5.10. The van der Waals surface area contributed by atoms with Crippen LogP contribution in [0.25, 0.3) is 0 Å². The molecule has 0 radical (unpaired) electrons. The van der Waals surface area contributed by atoms with Crippen molar-refractivity contribution >= 4 is 23.6 Å². The van der Waals surface area contributed by atoms with Gasteiger partial charge >= 0.3 is 0 Å². The molecule has 1 aliphatic heterocycles. The molecule has 1 aliphatic rings. The van der Waals surface area contributed by atoms with Crippen LogP contribution in [0, 0.1) is 6.92 Å². The zero-order chi connectivity index (χ0) is 19.3. The monoisotopic (exact) mass is 396 g/mol. The Bertz CT molecular complexity index is 940. The van der Waals surface area contributed by atoms with Gasteiger partial charge < -0.3 is 14.3 Å². The summed E-state index contributed by atoms with van der Waals surface area (Å²) in [7, 11) is 0. The molecule has 1 fully saturated rings. The molecule has 28 heavy (non-hydrogen) atoms. The van der Waals surface area contributed by atoms with Crippen molar-refractivity contribution in [3.05, 3.63) is 59.9 Å². The van der Waals surface area contributed by atoms with Gasteiger partial charge in [-0.2, -0.15) is 0 Å². The van der Waals surface area contributed by atoms with Crippen molar-refractivity contribution in [1.82, 2.24) is 25.0 Å². The van der Waals surface area contributed by atoms with E-state index in [0.29, 0.717) is 48.5 Å². The fourth-order valence-corrected chi connectivity index (χ4v) is 3.90. The predicted octanol–water partition coefficient (Wildman–Crippen LogP) is 2.42. The van der Waals surface area contributed by atoms with Gasteiger partial charge in [0.05, 0.1) is 11.3 Å². The lowest BCUT2D eigenvalue weighted by atomic mass is 10.2. The summed E-state index contributed by atoms with van der Waals surface area (Å²) in [6, 6.07) is 7.32. The van der Waals surface area contributed by atoms with Gasteiger partial charge in [-0.15, -0.1) is 0 Å². The highest BCUT2D eigenvalue weighted by Gasteiger charge is 2.25. The Kier molecular flexibility index (Phi) is 5.52. The lowest BCUT2D eigenvalue weighted by molar-refractivity contribution is 0.0742. The maximum absolute atomic E-state index is 13.1. The van der Waals surface area contributed by atoms with Gasteiger partial charge in [-0.05, 0) is 25.1 Å². The van der Waals surface area contributed by atoms with Crippen LogP contribution in [0.2, 0.25) is 0 Å². The second kappa shape index (κ2) is 8.39. The Morgan fingerprint density at radius 3 is 2.57 bits per heavy atom. The molecule has 3 aromatic rings. The van der Waals surface area contributed by atoms with E-state index < -0.39 is 0 Å². The molecular formula is C19H20N6O2S. The summed E-state index contributed by atoms with van der Waals surface area (Å²) in [5, 5.41) is 4.71. The third kappa shape index (κ3) is 4.14. The Labute approximate surface area is 167 Å². The first-order valence-corrected chi connectivity index (χ1v) is 10.0. The molecule has 4 heterocycles. The van der Waals surface area contributed by atoms with E-state index in [4.69, 9.17) is 4.52 Å². The Balaban J connectivity index is 1.41. The number of nitrogens with zero attached hydrogens (tertiary/aromatic N) is 6. The zero-order valence-corrected chi connectivity index (χ0v) is 16.3. The van der Waals surface area contributed by atoms with Crippen LogP contribution < -0.4 is 4.90 Å². The van der Waals surface area contributed by atoms with Crippen LogP contribution >= 0.6 is 11.8 Å². The summed E-state index contributed by atoms with van der Waals surface area (Å²) >= 11 is 1.49. The average molecular weight is 396 g/mol. The molecule has 8 nitrogen and oxygen atoms in total. The normalized spacial score (nSPS) is 14.3. The molecule has 3 aromatic heterocycles. The molecule has 0 spiro atoms. The van der Waals surface area contributed by atoms with Crippen LogP contribution in [0.3, 0.4) is 0 Å². The van der Waals surface area contributed by atoms with Gasteiger partial charge in [0.1, 0.15) is 10.8 Å². The van der Waals surface area contributed by atoms with Crippen LogP contribution in [0.4, 0.5) is 5.95 Å². The van der Waals surface area contributed by atoms with E-state index in [1.807, 2.05) is 24.0 Å². The molecule has 1 amide bonds. The minimum Gasteiger partial charge on any atom is -0.361 e. The zero-order valence-electron chi connectivity index (χ0n) is 15.5. The van der Waals surface area contributed by atoms with E-state index in [9.17, 15) is 4.79 Å². The number of pyridine rings is 1. The third-order valence-electron chi connectivity index (χ3n) is 4.44. The Hall–Kier alpha value is -2.94. The summed E-state index contributed by atoms with van der Waals surface area (Å²) in [5.74, 6) is 2.08. The quantitative estimate of drug-likeness (QED) is 0.608. The second-order valence-electron chi connectivity index (χ2n) is 6.40. The van der Waals surface area contributed by atoms with Crippen molar-refractivity contribution in [2.45, 2.75) is 17.7 Å². The number of hydrogen-bond acceptors (Lipinski definition) is 8. The van der Waals surface area contributed by atoms with Gasteiger partial charge in [0, 0.05) is 56.6 Å². The van der Waals surface area contributed by atoms with Crippen molar-refractivity contribution in [3.63, 3.8) is 0 Å². The van der Waals surface area contributed by atoms with Crippen molar-refractivity contribution < 1.29 is 9.32 Å². The van der Waals surface area contributed by atoms with Gasteiger partial charge in [-0.1, -0.05) is 16.9 Å². The number of anilines is 1. The lowest BCUT2D eigenvalue weighted by Crippen LogP contribution is -2.49. The van der Waals surface area contributed by atoms with Crippen molar-refractivity contribution in [3.8, 4) is 0 Å². The lowest BCUT2D eigenvalue weighted by Gasteiger charge is -2.34. The third-order valence-corrected chi connectivity index (χ3v) is 5.48. The van der Waals surface area contributed by atoms with E-state index in [1.54, 1.807) is 30.7 Å². The van der Waals surface area contributed by atoms with Gasteiger partial charge in [-0.3, -0.25) is 4.79 Å². The summed E-state index contributed by atoms with van der Waals surface area (Å²) in [6.45, 7) is 4.52. The number of hydrogen-bond donors (Lipinski definition) is 0. The van der Waals surface area contributed by atoms with E-state index in [2.05, 4.69) is 25.0 Å². The van der Waals surface area contributed by atoms with E-state index in [0.717, 1.165) is 11.5 Å². The fraction of sp³-hybridized carbons (Fsp3) is 0.316. The molecule has 4 rings (SSSR count). The number of piperazine rings is 1. The maximum Gasteiger partial charge on any atom is 0.256 e. The molecule has 0 aliphatic carbocycles. The molecule has 0 N–H and O–H groups in total. The van der Waals surface area contributed by atoms with E-state index in [1.165, 1.54) is 11.8 Å². The number of amides is 1. The minimum absolute atomic E-state index is 0.000522. The summed E-state index contributed by atoms with van der Waals surface area (Å²) in [6.07, 6.45) is 5.17. The smallest absolute Gasteiger partial charge is 0.256 e. The van der Waals surface area contributed by atoms with Gasteiger partial charge in [0.15, 0.2) is 0 Å². The van der Waals surface area contributed by atoms with Crippen molar-refractivity contribution in [2.75, 3.05) is 31.1 Å². The summed E-state index contributed by atoms with van der Waals surface area (Å²) in [4.78, 5) is 30.0. The van der Waals surface area contributed by atoms with Crippen LogP contribution in [0.5, 0.6) is 0 Å². The first-order valence-electron chi connectivity index (χ1n) is 9.02. The number of aryl methyl sites for hydroxylation is 1. The molecule has 0 saturated carbocycles. The van der Waals surface area contributed by atoms with Crippen LogP contribution in [-0.4, -0.2) is 57.1 Å². The molecule has 9 heteroatoms. The van der Waals surface area contributed by atoms with Gasteiger partial charge in [-0.25, -0.2) is 15.0 Å². The van der Waals surface area contributed by atoms with Crippen molar-refractivity contribution in [1.29, 1.82) is 0 Å². The van der Waals surface area contributed by atoms with E-state index in [-0.39, 0.29) is 5.91 Å². The molecule has 0 bridgehead atoms. The van der Waals surface area contributed by atoms with Crippen LogP contribution in [0.1, 0.15) is 21.8 Å². The SMILES string of the molecule is Cc1cc(CSc2ncccc2C(=O)N2CCN(c3ncccn3)CC2)no1. The first-order chi connectivity index (χ1) is 13.7. The van der Waals surface area contributed by atoms with Crippen LogP contribution in [0.15, 0.2) is 52.4 Å². The number of aromatic nitrogens is 4. The molecule has 0 atom stereocenters. The standard InChI is InChI=1S/C19H20N6O2S/c1-14-12-15(23-27-14)13-28-17-16(4-2-5-20-17)18(26)24-8-10-25(11-9-24)19-21-6-3-7-22-19/h2-7,12H,8-11,13H2,1H3. The van der Waals surface area contributed by atoms with Crippen molar-refractivity contribution in [2.24, 2.45) is 0 Å². The highest BCUT2D eigenvalue weighted by atomic mass is 32.2. The number of rotatable bonds is 5. The van der Waals surface area contributed by atoms with E-state index >= 15 is 0 Å². The number of carbonyl (C=O) groups is 1. The number of carbonyl (C=O) groups excluding carboxylic acids is 1. The largest absolute Gasteiger partial charge is 0.361 e. The minimum atomic E-state index is 0.000522. The highest BCUT2D eigenvalue weighted by Crippen LogP contribution is 2.25. The van der Waals surface area contributed by atoms with Gasteiger partial charge in [0.25, 0.3) is 5.91 Å². The predicted molar refractivity (Wildman–Crippen MR) is 105 cm³/mol. The fourth-order valence-electron chi connectivity index (χ4n) is 3.03. The Morgan fingerprint density at radius 2 is 1.86 bits per heavy atom.